The van der Waals surface area contributed by atoms with Gasteiger partial charge in [-0.15, -0.1) is 0 Å². The first kappa shape index (κ1) is 44.8. The number of nitrogens with zero attached hydrogens (tertiary/aromatic N) is 4. The molecule has 0 amide bonds. The van der Waals surface area contributed by atoms with Crippen molar-refractivity contribution < 1.29 is 0 Å². The first-order valence-electron chi connectivity index (χ1n) is 25.1. The predicted octanol–water partition coefficient (Wildman–Crippen LogP) is 20.0. The van der Waals surface area contributed by atoms with E-state index < -0.39 is 0 Å². The maximum absolute atomic E-state index is 2.37. The lowest BCUT2D eigenvalue weighted by Crippen LogP contribution is -2.14. The van der Waals surface area contributed by atoms with Gasteiger partial charge in [-0.1, -0.05) is 127 Å². The zero-order valence-corrected chi connectivity index (χ0v) is 41.3. The minimum absolute atomic E-state index is 1.04. The highest BCUT2D eigenvalue weighted by Gasteiger charge is 2.21. The molecule has 0 atom stereocenters. The van der Waals surface area contributed by atoms with Crippen LogP contribution < -0.4 is 19.6 Å². The zero-order valence-electron chi connectivity index (χ0n) is 41.3. The molecule has 0 aliphatic heterocycles. The lowest BCUT2D eigenvalue weighted by atomic mass is 10.1. The van der Waals surface area contributed by atoms with Crippen LogP contribution in [-0.2, 0) is 0 Å². The first-order valence-corrected chi connectivity index (χ1v) is 25.1. The van der Waals surface area contributed by atoms with E-state index in [0.29, 0.717) is 0 Å². The predicted molar refractivity (Wildman–Crippen MR) is 312 cm³/mol. The lowest BCUT2D eigenvalue weighted by molar-refractivity contribution is 1.23. The summed E-state index contributed by atoms with van der Waals surface area (Å²) in [4.78, 5) is 9.44. The van der Waals surface area contributed by atoms with Crippen LogP contribution in [0.3, 0.4) is 0 Å². The molecule has 73 heavy (non-hydrogen) atoms. The molecule has 0 spiro atoms. The van der Waals surface area contributed by atoms with Crippen LogP contribution in [0.4, 0.5) is 68.2 Å². The number of benzene rings is 12. The number of hydrogen-bond donors (Lipinski definition) is 0. The molecular formula is C69H54N4. The molecular weight excluding hydrogens is 885 g/mol. The molecule has 0 aliphatic rings. The second-order valence-corrected chi connectivity index (χ2v) is 19.0. The minimum atomic E-state index is 1.04. The van der Waals surface area contributed by atoms with Gasteiger partial charge in [0.05, 0.1) is 0 Å². The van der Waals surface area contributed by atoms with Crippen LogP contribution >= 0.6 is 0 Å². The summed E-state index contributed by atoms with van der Waals surface area (Å²) in [5.41, 5.74) is 16.6. The maximum Gasteiger partial charge on any atom is 0.0468 e. The Balaban J connectivity index is 0.973. The van der Waals surface area contributed by atoms with Crippen molar-refractivity contribution in [2.45, 2.75) is 20.8 Å². The molecule has 0 bridgehead atoms. The van der Waals surface area contributed by atoms with Crippen molar-refractivity contribution in [3.8, 4) is 0 Å². The van der Waals surface area contributed by atoms with Gasteiger partial charge < -0.3 is 19.6 Å². The highest BCUT2D eigenvalue weighted by atomic mass is 15.2. The topological polar surface area (TPSA) is 13.0 Å². The van der Waals surface area contributed by atoms with E-state index in [2.05, 4.69) is 313 Å². The fourth-order valence-electron chi connectivity index (χ4n) is 10.3. The Morgan fingerprint density at radius 1 is 0.164 bits per heavy atom. The average Bonchev–Trinajstić information content (AvgIpc) is 3.42. The van der Waals surface area contributed by atoms with Crippen LogP contribution in [0, 0.1) is 20.8 Å². The van der Waals surface area contributed by atoms with E-state index in [1.807, 2.05) is 0 Å². The number of rotatable bonds is 12. The molecule has 350 valence electrons. The molecule has 12 aromatic carbocycles. The van der Waals surface area contributed by atoms with E-state index in [1.165, 1.54) is 49.0 Å². The molecule has 0 unspecified atom stereocenters. The van der Waals surface area contributed by atoms with Crippen LogP contribution in [0.15, 0.2) is 273 Å². The fourth-order valence-corrected chi connectivity index (χ4v) is 10.3. The van der Waals surface area contributed by atoms with Gasteiger partial charge in [0.15, 0.2) is 0 Å². The maximum atomic E-state index is 2.37. The SMILES string of the molecule is Cc1cccc(N(c2ccc(N(c3ccc(N(c4cccc(C)c4)c4ccc5ccccc5c4)cc3)c3ccc(N(c4cccc(C)c4)c4ccc5ccccc5c4)cc3)cc2)c2ccc3ccccc3c2)c1. The van der Waals surface area contributed by atoms with Crippen molar-refractivity contribution in [2.75, 3.05) is 19.6 Å². The van der Waals surface area contributed by atoms with Crippen molar-refractivity contribution in [1.29, 1.82) is 0 Å². The van der Waals surface area contributed by atoms with Gasteiger partial charge in [0.1, 0.15) is 0 Å². The number of hydrogen-bond acceptors (Lipinski definition) is 4. The summed E-state index contributed by atoms with van der Waals surface area (Å²) >= 11 is 0. The summed E-state index contributed by atoms with van der Waals surface area (Å²) in [5.74, 6) is 0. The fraction of sp³-hybridized carbons (Fsp3) is 0.0435. The molecule has 0 radical (unpaired) electrons. The van der Waals surface area contributed by atoms with Gasteiger partial charge in [-0.3, -0.25) is 0 Å². The molecule has 0 aromatic heterocycles. The molecule has 4 heteroatoms. The third-order valence-corrected chi connectivity index (χ3v) is 13.9. The molecule has 12 rings (SSSR count). The van der Waals surface area contributed by atoms with Gasteiger partial charge in [0.2, 0.25) is 0 Å². The van der Waals surface area contributed by atoms with Crippen molar-refractivity contribution in [3.63, 3.8) is 0 Å². The van der Waals surface area contributed by atoms with Crippen LogP contribution in [0.2, 0.25) is 0 Å². The standard InChI is InChI=1S/C69H54N4/c1-49-13-10-22-64(43-49)71(67-28-25-52-16-4-7-19-55(52)46-67)61-37-31-58(32-38-61)70(59-33-39-62(40-34-59)72(65-23-11-14-50(2)44-65)68-29-26-53-17-5-8-20-56(53)47-68)60-35-41-63(42-36-60)73(66-24-12-15-51(3)45-66)69-30-27-54-18-6-9-21-57(54)48-69/h4-48H,1-3H3. The van der Waals surface area contributed by atoms with Crippen LogP contribution in [-0.4, -0.2) is 0 Å². The highest BCUT2D eigenvalue weighted by molar-refractivity contribution is 5.93. The largest absolute Gasteiger partial charge is 0.310 e. The van der Waals surface area contributed by atoms with Crippen molar-refractivity contribution in [2.24, 2.45) is 0 Å². The van der Waals surface area contributed by atoms with Crippen LogP contribution in [0.5, 0.6) is 0 Å². The van der Waals surface area contributed by atoms with E-state index in [-0.39, 0.29) is 0 Å². The van der Waals surface area contributed by atoms with Gasteiger partial charge >= 0.3 is 0 Å². The molecule has 12 aromatic rings. The summed E-state index contributed by atoms with van der Waals surface area (Å²) in [5, 5.41) is 7.27. The third-order valence-electron chi connectivity index (χ3n) is 13.9. The Labute approximate surface area is 428 Å². The smallest absolute Gasteiger partial charge is 0.0468 e. The van der Waals surface area contributed by atoms with Crippen molar-refractivity contribution in [3.05, 3.63) is 290 Å². The molecule has 0 saturated heterocycles. The van der Waals surface area contributed by atoms with Gasteiger partial charge in [0.25, 0.3) is 0 Å². The first-order chi connectivity index (χ1) is 35.9. The van der Waals surface area contributed by atoms with E-state index in [9.17, 15) is 0 Å². The van der Waals surface area contributed by atoms with Crippen molar-refractivity contribution >= 4 is 101 Å². The Hall–Kier alpha value is -9.38. The second kappa shape index (κ2) is 19.4. The van der Waals surface area contributed by atoms with Crippen LogP contribution in [0.25, 0.3) is 32.3 Å². The normalized spacial score (nSPS) is 11.2. The summed E-state index contributed by atoms with van der Waals surface area (Å²) < 4.78 is 0. The number of aryl methyl sites for hydroxylation is 3. The van der Waals surface area contributed by atoms with E-state index in [1.54, 1.807) is 0 Å². The summed E-state index contributed by atoms with van der Waals surface area (Å²) in [7, 11) is 0. The van der Waals surface area contributed by atoms with Gasteiger partial charge in [0, 0.05) is 68.2 Å². The van der Waals surface area contributed by atoms with Gasteiger partial charge in [-0.25, -0.2) is 0 Å². The molecule has 0 fully saturated rings. The van der Waals surface area contributed by atoms with Crippen molar-refractivity contribution in [1.82, 2.24) is 0 Å². The third kappa shape index (κ3) is 9.15. The van der Waals surface area contributed by atoms with E-state index >= 15 is 0 Å². The molecule has 0 aliphatic carbocycles. The molecule has 0 heterocycles. The molecule has 4 nitrogen and oxygen atoms in total. The van der Waals surface area contributed by atoms with Gasteiger partial charge in [-0.2, -0.15) is 0 Å². The summed E-state index contributed by atoms with van der Waals surface area (Å²) in [6.45, 7) is 6.47. The number of fused-ring (bicyclic) bond motifs is 3. The van der Waals surface area contributed by atoms with Crippen LogP contribution in [0.1, 0.15) is 16.7 Å². The van der Waals surface area contributed by atoms with Gasteiger partial charge in [-0.05, 0) is 215 Å². The summed E-state index contributed by atoms with van der Waals surface area (Å²) in [6.07, 6.45) is 0. The average molecular weight is 939 g/mol. The molecule has 0 saturated carbocycles. The Kier molecular flexibility index (Phi) is 11.9. The quantitative estimate of drug-likeness (QED) is 0.121. The Bertz CT molecular complexity index is 3510. The molecule has 0 N–H and O–H groups in total. The monoisotopic (exact) mass is 938 g/mol. The Morgan fingerprint density at radius 3 is 0.616 bits per heavy atom. The number of anilines is 12. The zero-order chi connectivity index (χ0) is 49.3. The summed E-state index contributed by atoms with van der Waals surface area (Å²) in [6, 6.07) is 99.2. The lowest BCUT2D eigenvalue weighted by Gasteiger charge is -2.30. The van der Waals surface area contributed by atoms with E-state index in [4.69, 9.17) is 0 Å². The Morgan fingerprint density at radius 2 is 0.370 bits per heavy atom. The highest BCUT2D eigenvalue weighted by Crippen LogP contribution is 2.44. The minimum Gasteiger partial charge on any atom is -0.310 e. The van der Waals surface area contributed by atoms with E-state index in [0.717, 1.165) is 68.2 Å². The second-order valence-electron chi connectivity index (χ2n) is 19.0.